The Hall–Kier alpha value is 0.307. The Balaban J connectivity index is 4.37. The summed E-state index contributed by atoms with van der Waals surface area (Å²) in [7, 11) is 6.93. The fraction of sp³-hybridized carbons (Fsp3) is 1.00. The maximum Gasteiger partial charge on any atom is 0.264 e. The lowest BCUT2D eigenvalue weighted by Crippen LogP contribution is -2.40. The number of halogens is 1. The van der Waals surface area contributed by atoms with Gasteiger partial charge in [0.1, 0.15) is 12.5 Å². The third-order valence-electron chi connectivity index (χ3n) is 2.93. The van der Waals surface area contributed by atoms with Crippen LogP contribution in [0.4, 0.5) is 0 Å². The molecule has 0 aliphatic rings. The van der Waals surface area contributed by atoms with Gasteiger partial charge in [-0.2, -0.15) is 0 Å². The van der Waals surface area contributed by atoms with Gasteiger partial charge in [0.2, 0.25) is 0 Å². The molecule has 0 aliphatic carbocycles. The molecule has 0 bridgehead atoms. The molecule has 19 heavy (non-hydrogen) atoms. The summed E-state index contributed by atoms with van der Waals surface area (Å²) in [6, 6.07) is 0. The molecule has 3 unspecified atom stereocenters. The highest BCUT2D eigenvalue weighted by Crippen LogP contribution is 2.10. The molecule has 0 heterocycles. The Labute approximate surface area is 125 Å². The van der Waals surface area contributed by atoms with Gasteiger partial charge in [-0.3, -0.25) is 9.80 Å². The van der Waals surface area contributed by atoms with Gasteiger partial charge in [-0.05, 0) is 48.5 Å². The first-order valence-corrected chi connectivity index (χ1v) is 8.50. The molecule has 0 rings (SSSR count). The molecule has 0 fully saturated rings. The fourth-order valence-electron chi connectivity index (χ4n) is 0.977. The van der Waals surface area contributed by atoms with Gasteiger partial charge < -0.3 is 13.9 Å². The Morgan fingerprint density at radius 3 is 1.74 bits per heavy atom. The first-order valence-electron chi connectivity index (χ1n) is 6.67. The molecule has 0 radical (unpaired) electrons. The average Bonchev–Trinajstić information content (AvgIpc) is 2.34. The van der Waals surface area contributed by atoms with Crippen LogP contribution in [0.15, 0.2) is 0 Å². The van der Waals surface area contributed by atoms with Crippen LogP contribution in [0.25, 0.3) is 0 Å². The summed E-state index contributed by atoms with van der Waals surface area (Å²) in [5.41, 5.74) is 0. The summed E-state index contributed by atoms with van der Waals surface area (Å²) in [4.78, 5) is 3.92. The second-order valence-corrected chi connectivity index (χ2v) is 7.81. The molecule has 7 heteroatoms. The first kappa shape index (κ1) is 19.3. The summed E-state index contributed by atoms with van der Waals surface area (Å²) >= 11 is 6.11. The molecule has 0 amide bonds. The Kier molecular flexibility index (Phi) is 10.3. The van der Waals surface area contributed by atoms with Gasteiger partial charge in [0.05, 0.1) is 0 Å². The molecule has 0 saturated carbocycles. The minimum absolute atomic E-state index is 0.0798. The van der Waals surface area contributed by atoms with Crippen molar-refractivity contribution < 1.29 is 13.9 Å². The van der Waals surface area contributed by atoms with Crippen molar-refractivity contribution in [3.05, 3.63) is 0 Å². The summed E-state index contributed by atoms with van der Waals surface area (Å²) in [6.07, 6.45) is 0.750. The van der Waals surface area contributed by atoms with Crippen LogP contribution in [0.1, 0.15) is 27.2 Å². The third-order valence-corrected chi connectivity index (χ3v) is 5.02. The SMILES string of the molecule is CCC(Cl)[SiH2]OC(OC(C)N(C)C)OC(C)N(C)C. The van der Waals surface area contributed by atoms with Crippen LogP contribution in [-0.2, 0) is 13.9 Å². The third kappa shape index (κ3) is 8.96. The number of rotatable bonds is 10. The maximum atomic E-state index is 6.11. The molecule has 0 spiro atoms. The Morgan fingerprint density at radius 2 is 1.42 bits per heavy atom. The number of alkyl halides is 1. The summed E-state index contributed by atoms with van der Waals surface area (Å²) in [6.45, 7) is 5.31. The molecule has 0 aromatic heterocycles. The van der Waals surface area contributed by atoms with Crippen molar-refractivity contribution in [2.24, 2.45) is 0 Å². The van der Waals surface area contributed by atoms with Gasteiger partial charge >= 0.3 is 0 Å². The molecule has 0 aromatic carbocycles. The number of hydrogen-bond donors (Lipinski definition) is 0. The minimum atomic E-state index is -0.868. The highest BCUT2D eigenvalue weighted by molar-refractivity contribution is 6.48. The zero-order valence-electron chi connectivity index (χ0n) is 13.2. The first-order chi connectivity index (χ1) is 8.77. The van der Waals surface area contributed by atoms with Crippen molar-refractivity contribution in [3.63, 3.8) is 0 Å². The van der Waals surface area contributed by atoms with Crippen molar-refractivity contribution in [2.75, 3.05) is 28.2 Å². The van der Waals surface area contributed by atoms with Crippen molar-refractivity contribution in [2.45, 2.75) is 51.1 Å². The van der Waals surface area contributed by atoms with E-state index in [0.717, 1.165) is 6.42 Å². The van der Waals surface area contributed by atoms with Crippen LogP contribution >= 0.6 is 11.6 Å². The molecule has 0 N–H and O–H groups in total. The Morgan fingerprint density at radius 1 is 1.00 bits per heavy atom. The lowest BCUT2D eigenvalue weighted by molar-refractivity contribution is -0.309. The topological polar surface area (TPSA) is 34.2 Å². The van der Waals surface area contributed by atoms with E-state index in [1.54, 1.807) is 0 Å². The monoisotopic (exact) mass is 312 g/mol. The smallest absolute Gasteiger partial charge is 0.264 e. The van der Waals surface area contributed by atoms with E-state index in [1.165, 1.54) is 0 Å². The van der Waals surface area contributed by atoms with Crippen molar-refractivity contribution in [1.82, 2.24) is 9.80 Å². The van der Waals surface area contributed by atoms with E-state index < -0.39 is 16.2 Å². The van der Waals surface area contributed by atoms with Gasteiger partial charge in [0.15, 0.2) is 9.76 Å². The van der Waals surface area contributed by atoms with Crippen molar-refractivity contribution in [1.29, 1.82) is 0 Å². The molecular weight excluding hydrogens is 284 g/mol. The molecule has 0 saturated heterocycles. The van der Waals surface area contributed by atoms with Crippen LogP contribution in [0.5, 0.6) is 0 Å². The van der Waals surface area contributed by atoms with Gasteiger partial charge in [0.25, 0.3) is 6.48 Å². The lowest BCUT2D eigenvalue weighted by Gasteiger charge is -2.30. The van der Waals surface area contributed by atoms with Gasteiger partial charge in [0, 0.05) is 5.00 Å². The van der Waals surface area contributed by atoms with Crippen LogP contribution in [0.2, 0.25) is 0 Å². The maximum absolute atomic E-state index is 6.11. The molecule has 116 valence electrons. The second-order valence-electron chi connectivity index (χ2n) is 5.03. The summed E-state index contributed by atoms with van der Waals surface area (Å²) in [5, 5.41) is 0.110. The summed E-state index contributed by atoms with van der Waals surface area (Å²) < 4.78 is 17.3. The van der Waals surface area contributed by atoms with E-state index in [0.29, 0.717) is 0 Å². The van der Waals surface area contributed by atoms with E-state index >= 15 is 0 Å². The molecular formula is C12H29ClN2O3Si. The van der Waals surface area contributed by atoms with Gasteiger partial charge in [-0.1, -0.05) is 6.92 Å². The standard InChI is InChI=1S/C12H29ClN2O3Si/c1-8-11(13)19-18-12(16-9(2)14(4)5)17-10(3)15(6)7/h9-12H,8,19H2,1-7H3. The highest BCUT2D eigenvalue weighted by Gasteiger charge is 2.20. The normalized spacial score (nSPS) is 19.3. The lowest BCUT2D eigenvalue weighted by atomic mass is 10.6. The minimum Gasteiger partial charge on any atom is -0.377 e. The molecule has 0 aliphatic heterocycles. The van der Waals surface area contributed by atoms with E-state index in [-0.39, 0.29) is 17.5 Å². The van der Waals surface area contributed by atoms with Crippen LogP contribution in [-0.4, -0.2) is 71.7 Å². The predicted molar refractivity (Wildman–Crippen MR) is 81.8 cm³/mol. The van der Waals surface area contributed by atoms with E-state index in [4.69, 9.17) is 25.5 Å². The number of nitrogens with zero attached hydrogens (tertiary/aromatic N) is 2. The van der Waals surface area contributed by atoms with E-state index in [9.17, 15) is 0 Å². The zero-order chi connectivity index (χ0) is 15.0. The predicted octanol–water partition coefficient (Wildman–Crippen LogP) is 1.19. The zero-order valence-corrected chi connectivity index (χ0v) is 15.4. The largest absolute Gasteiger partial charge is 0.377 e. The van der Waals surface area contributed by atoms with Crippen LogP contribution < -0.4 is 0 Å². The van der Waals surface area contributed by atoms with E-state index in [2.05, 4.69) is 6.92 Å². The quantitative estimate of drug-likeness (QED) is 0.344. The Bertz CT molecular complexity index is 219. The number of ether oxygens (including phenoxy) is 2. The van der Waals surface area contributed by atoms with Gasteiger partial charge in [-0.15, -0.1) is 11.6 Å². The molecule has 0 aromatic rings. The van der Waals surface area contributed by atoms with Crippen molar-refractivity contribution in [3.8, 4) is 0 Å². The second kappa shape index (κ2) is 10.1. The molecule has 5 nitrogen and oxygen atoms in total. The van der Waals surface area contributed by atoms with Gasteiger partial charge in [-0.25, -0.2) is 0 Å². The highest BCUT2D eigenvalue weighted by atomic mass is 35.5. The van der Waals surface area contributed by atoms with Crippen LogP contribution in [0, 0.1) is 0 Å². The molecule has 3 atom stereocenters. The van der Waals surface area contributed by atoms with Crippen molar-refractivity contribution >= 4 is 21.4 Å². The fourth-order valence-corrected chi connectivity index (χ4v) is 1.95. The van der Waals surface area contributed by atoms with E-state index in [1.807, 2.05) is 51.8 Å². The van der Waals surface area contributed by atoms with Crippen LogP contribution in [0.3, 0.4) is 0 Å². The average molecular weight is 313 g/mol. The summed E-state index contributed by atoms with van der Waals surface area (Å²) in [5.74, 6) is 0. The number of hydrogen-bond acceptors (Lipinski definition) is 5.